The van der Waals surface area contributed by atoms with Crippen molar-refractivity contribution in [2.24, 2.45) is 5.73 Å². The molecule has 1 aromatic rings. The fraction of sp³-hybridized carbons (Fsp3) is 0.778. The Hall–Kier alpha value is -0.940. The van der Waals surface area contributed by atoms with Crippen LogP contribution >= 0.6 is 0 Å². The minimum atomic E-state index is -0.304. The average molecular weight is 198 g/mol. The van der Waals surface area contributed by atoms with Crippen LogP contribution in [0, 0.1) is 0 Å². The maximum Gasteiger partial charge on any atom is 0.228 e. The van der Waals surface area contributed by atoms with Crippen LogP contribution in [-0.4, -0.2) is 34.7 Å². The molecule has 0 radical (unpaired) electrons. The van der Waals surface area contributed by atoms with Crippen LogP contribution in [0.15, 0.2) is 4.52 Å². The molecule has 0 bridgehead atoms. The third-order valence-electron chi connectivity index (χ3n) is 1.57. The number of hydrogen-bond donors (Lipinski definition) is 1. The summed E-state index contributed by atoms with van der Waals surface area (Å²) in [6.45, 7) is 4.56. The van der Waals surface area contributed by atoms with Gasteiger partial charge < -0.3 is 15.2 Å². The highest BCUT2D eigenvalue weighted by molar-refractivity contribution is 4.91. The van der Waals surface area contributed by atoms with Crippen LogP contribution in [0.1, 0.15) is 25.6 Å². The topological polar surface area (TPSA) is 68.2 Å². The highest BCUT2D eigenvalue weighted by Crippen LogP contribution is 2.08. The first-order valence-electron chi connectivity index (χ1n) is 4.62. The second-order valence-corrected chi connectivity index (χ2v) is 4.51. The summed E-state index contributed by atoms with van der Waals surface area (Å²) in [6, 6.07) is 0. The van der Waals surface area contributed by atoms with Crippen molar-refractivity contribution in [3.05, 3.63) is 11.7 Å². The molecule has 14 heavy (non-hydrogen) atoms. The summed E-state index contributed by atoms with van der Waals surface area (Å²) in [7, 11) is 3.92. The maximum atomic E-state index is 5.84. The lowest BCUT2D eigenvalue weighted by atomic mass is 10.0. The molecule has 1 heterocycles. The zero-order chi connectivity index (χ0) is 10.8. The highest BCUT2D eigenvalue weighted by atomic mass is 16.5. The molecule has 0 spiro atoms. The lowest BCUT2D eigenvalue weighted by molar-refractivity contribution is 0.333. The molecule has 0 saturated heterocycles. The SMILES string of the molecule is CN(C)Cc1noc(CC(C)(C)N)n1. The predicted molar refractivity (Wildman–Crippen MR) is 53.7 cm³/mol. The van der Waals surface area contributed by atoms with Crippen molar-refractivity contribution in [1.82, 2.24) is 15.0 Å². The van der Waals surface area contributed by atoms with Gasteiger partial charge in [-0.05, 0) is 27.9 Å². The molecule has 0 unspecified atom stereocenters. The zero-order valence-corrected chi connectivity index (χ0v) is 9.24. The van der Waals surface area contributed by atoms with E-state index < -0.39 is 0 Å². The van der Waals surface area contributed by atoms with Gasteiger partial charge in [-0.15, -0.1) is 0 Å². The van der Waals surface area contributed by atoms with Crippen molar-refractivity contribution < 1.29 is 4.52 Å². The lowest BCUT2D eigenvalue weighted by Gasteiger charge is -2.14. The van der Waals surface area contributed by atoms with Crippen molar-refractivity contribution in [3.63, 3.8) is 0 Å². The van der Waals surface area contributed by atoms with Crippen molar-refractivity contribution in [3.8, 4) is 0 Å². The third kappa shape index (κ3) is 3.85. The van der Waals surface area contributed by atoms with Gasteiger partial charge in [0.1, 0.15) is 0 Å². The van der Waals surface area contributed by atoms with Crippen LogP contribution in [0.4, 0.5) is 0 Å². The van der Waals surface area contributed by atoms with Crippen molar-refractivity contribution in [2.75, 3.05) is 14.1 Å². The van der Waals surface area contributed by atoms with E-state index in [0.29, 0.717) is 24.7 Å². The molecule has 0 aromatic carbocycles. The van der Waals surface area contributed by atoms with E-state index in [1.54, 1.807) is 0 Å². The number of aromatic nitrogens is 2. The summed E-state index contributed by atoms with van der Waals surface area (Å²) in [5, 5.41) is 3.86. The van der Waals surface area contributed by atoms with E-state index in [4.69, 9.17) is 10.3 Å². The number of rotatable bonds is 4. The van der Waals surface area contributed by atoms with Crippen LogP contribution in [0.5, 0.6) is 0 Å². The first-order chi connectivity index (χ1) is 6.37. The van der Waals surface area contributed by atoms with Gasteiger partial charge in [-0.3, -0.25) is 0 Å². The van der Waals surface area contributed by atoms with E-state index in [0.717, 1.165) is 0 Å². The van der Waals surface area contributed by atoms with Crippen LogP contribution in [0.25, 0.3) is 0 Å². The fourth-order valence-corrected chi connectivity index (χ4v) is 1.10. The van der Waals surface area contributed by atoms with Gasteiger partial charge in [0, 0.05) is 12.0 Å². The Labute approximate surface area is 84.3 Å². The van der Waals surface area contributed by atoms with Gasteiger partial charge in [-0.2, -0.15) is 4.98 Å². The summed E-state index contributed by atoms with van der Waals surface area (Å²) < 4.78 is 5.07. The Morgan fingerprint density at radius 3 is 2.57 bits per heavy atom. The Morgan fingerprint density at radius 2 is 2.07 bits per heavy atom. The summed E-state index contributed by atoms with van der Waals surface area (Å²) >= 11 is 0. The molecule has 80 valence electrons. The molecule has 0 aliphatic carbocycles. The molecule has 0 aliphatic heterocycles. The van der Waals surface area contributed by atoms with E-state index in [1.165, 1.54) is 0 Å². The van der Waals surface area contributed by atoms with E-state index in [-0.39, 0.29) is 5.54 Å². The fourth-order valence-electron chi connectivity index (χ4n) is 1.10. The zero-order valence-electron chi connectivity index (χ0n) is 9.24. The Balaban J connectivity index is 2.60. The van der Waals surface area contributed by atoms with Gasteiger partial charge in [0.05, 0.1) is 6.54 Å². The minimum Gasteiger partial charge on any atom is -0.339 e. The van der Waals surface area contributed by atoms with Crippen LogP contribution in [0.2, 0.25) is 0 Å². The third-order valence-corrected chi connectivity index (χ3v) is 1.57. The predicted octanol–water partition coefficient (Wildman–Crippen LogP) is 0.411. The molecule has 5 heteroatoms. The molecule has 1 rings (SSSR count). The molecule has 5 nitrogen and oxygen atoms in total. The second-order valence-electron chi connectivity index (χ2n) is 4.51. The number of hydrogen-bond acceptors (Lipinski definition) is 5. The summed E-state index contributed by atoms with van der Waals surface area (Å²) in [5.41, 5.74) is 5.54. The molecular formula is C9H18N4O. The van der Waals surface area contributed by atoms with Crippen LogP contribution < -0.4 is 5.73 Å². The highest BCUT2D eigenvalue weighted by Gasteiger charge is 2.16. The van der Waals surface area contributed by atoms with Gasteiger partial charge in [0.25, 0.3) is 0 Å². The van der Waals surface area contributed by atoms with Crippen LogP contribution in [0.3, 0.4) is 0 Å². The van der Waals surface area contributed by atoms with Gasteiger partial charge in [-0.25, -0.2) is 0 Å². The molecule has 0 fully saturated rings. The van der Waals surface area contributed by atoms with Gasteiger partial charge in [-0.1, -0.05) is 5.16 Å². The van der Waals surface area contributed by atoms with E-state index in [1.807, 2.05) is 32.8 Å². The Bertz CT molecular complexity index is 287. The van der Waals surface area contributed by atoms with Crippen molar-refractivity contribution in [2.45, 2.75) is 32.4 Å². The molecule has 0 atom stereocenters. The minimum absolute atomic E-state index is 0.304. The summed E-state index contributed by atoms with van der Waals surface area (Å²) in [5.74, 6) is 1.31. The lowest BCUT2D eigenvalue weighted by Crippen LogP contribution is -2.34. The van der Waals surface area contributed by atoms with Crippen molar-refractivity contribution in [1.29, 1.82) is 0 Å². The molecule has 0 aliphatic rings. The molecule has 0 amide bonds. The van der Waals surface area contributed by atoms with Crippen LogP contribution in [-0.2, 0) is 13.0 Å². The second kappa shape index (κ2) is 4.06. The smallest absolute Gasteiger partial charge is 0.228 e. The van der Waals surface area contributed by atoms with E-state index in [9.17, 15) is 0 Å². The van der Waals surface area contributed by atoms with Gasteiger partial charge in [0.2, 0.25) is 5.89 Å². The molecular weight excluding hydrogens is 180 g/mol. The number of nitrogens with two attached hydrogens (primary N) is 1. The molecule has 1 aromatic heterocycles. The van der Waals surface area contributed by atoms with Crippen molar-refractivity contribution >= 4 is 0 Å². The first-order valence-corrected chi connectivity index (χ1v) is 4.62. The van der Waals surface area contributed by atoms with E-state index in [2.05, 4.69) is 10.1 Å². The van der Waals surface area contributed by atoms with Gasteiger partial charge >= 0.3 is 0 Å². The quantitative estimate of drug-likeness (QED) is 0.759. The Kier molecular flexibility index (Phi) is 3.23. The number of nitrogens with zero attached hydrogens (tertiary/aromatic N) is 3. The first kappa shape index (κ1) is 11.1. The van der Waals surface area contributed by atoms with E-state index >= 15 is 0 Å². The van der Waals surface area contributed by atoms with Gasteiger partial charge in [0.15, 0.2) is 5.82 Å². The normalized spacial score (nSPS) is 12.4. The molecule has 0 saturated carbocycles. The monoisotopic (exact) mass is 198 g/mol. The summed E-state index contributed by atoms with van der Waals surface area (Å²) in [4.78, 5) is 6.22. The maximum absolute atomic E-state index is 5.84. The largest absolute Gasteiger partial charge is 0.339 e. The average Bonchev–Trinajstić information content (AvgIpc) is 2.30. The molecule has 2 N–H and O–H groups in total. The Morgan fingerprint density at radius 1 is 1.43 bits per heavy atom. The standard InChI is InChI=1S/C9H18N4O/c1-9(2,10)5-8-11-7(12-14-8)6-13(3)4/h5-6,10H2,1-4H3. The summed E-state index contributed by atoms with van der Waals surface area (Å²) in [6.07, 6.45) is 0.605.